The maximum absolute atomic E-state index is 15.2. The van der Waals surface area contributed by atoms with Crippen LogP contribution in [0.3, 0.4) is 0 Å². The van der Waals surface area contributed by atoms with Crippen molar-refractivity contribution in [3.63, 3.8) is 0 Å². The number of allylic oxidation sites excluding steroid dienone is 3. The Labute approximate surface area is 162 Å². The monoisotopic (exact) mass is 391 g/mol. The van der Waals surface area contributed by atoms with E-state index in [1.165, 1.54) is 26.0 Å². The molecule has 0 saturated heterocycles. The summed E-state index contributed by atoms with van der Waals surface area (Å²) in [7, 11) is 3.09. The lowest BCUT2D eigenvalue weighted by molar-refractivity contribution is 0.265. The van der Waals surface area contributed by atoms with Gasteiger partial charge in [-0.25, -0.2) is 4.39 Å². The molecular weight excluding hydrogens is 369 g/mol. The number of ether oxygens (including phenoxy) is 2. The topological polar surface area (TPSA) is 49.2 Å². The average Bonchev–Trinajstić information content (AvgIpc) is 3.42. The van der Waals surface area contributed by atoms with Gasteiger partial charge in [-0.15, -0.1) is 0 Å². The summed E-state index contributed by atoms with van der Waals surface area (Å²) in [5.74, 6) is 0.252. The molecule has 144 valence electrons. The molecule has 1 saturated carbocycles. The Hall–Kier alpha value is -2.08. The smallest absolute Gasteiger partial charge is 0.297 e. The number of halogens is 2. The third-order valence-corrected chi connectivity index (χ3v) is 5.78. The van der Waals surface area contributed by atoms with Gasteiger partial charge in [-0.1, -0.05) is 24.6 Å². The quantitative estimate of drug-likeness (QED) is 0.658. The molecule has 27 heavy (non-hydrogen) atoms. The van der Waals surface area contributed by atoms with Crippen molar-refractivity contribution >= 4 is 22.6 Å². The van der Waals surface area contributed by atoms with Gasteiger partial charge in [0.1, 0.15) is 11.3 Å². The second-order valence-electron chi connectivity index (χ2n) is 7.11. The summed E-state index contributed by atoms with van der Waals surface area (Å²) in [5, 5.41) is -2.14. The van der Waals surface area contributed by atoms with Gasteiger partial charge in [0, 0.05) is 18.3 Å². The average molecular weight is 392 g/mol. The van der Waals surface area contributed by atoms with E-state index in [1.807, 2.05) is 6.07 Å². The maximum atomic E-state index is 15.2. The van der Waals surface area contributed by atoms with Crippen molar-refractivity contribution in [1.82, 2.24) is 14.5 Å². The highest BCUT2D eigenvalue weighted by Gasteiger charge is 2.41. The molecule has 5 nitrogen and oxygen atoms in total. The molecule has 0 bridgehead atoms. The Morgan fingerprint density at radius 2 is 2.15 bits per heavy atom. The van der Waals surface area contributed by atoms with Crippen LogP contribution in [0, 0.1) is 5.92 Å². The molecule has 0 N–H and O–H groups in total. The van der Waals surface area contributed by atoms with Crippen molar-refractivity contribution in [3.8, 4) is 6.01 Å². The Bertz CT molecular complexity index is 917. The van der Waals surface area contributed by atoms with Crippen LogP contribution < -0.4 is 4.74 Å². The number of alkyl halides is 2. The molecular formula is C20H23ClFN3O2. The second kappa shape index (κ2) is 6.82. The molecule has 2 aliphatic carbocycles. The largest absolute Gasteiger partial charge is 0.497 e. The van der Waals surface area contributed by atoms with Crippen molar-refractivity contribution in [2.24, 2.45) is 5.92 Å². The SMILES string of the molecule is CCC(C1CC1)n1c(OC)nc2c(C3C=CC(OC)=CC3(F)Cl)nccc21. The fraction of sp³-hybridized carbons (Fsp3) is 0.500. The van der Waals surface area contributed by atoms with E-state index in [-0.39, 0.29) is 0 Å². The van der Waals surface area contributed by atoms with Crippen LogP contribution in [0.4, 0.5) is 4.39 Å². The van der Waals surface area contributed by atoms with Crippen LogP contribution in [0.15, 0.2) is 36.3 Å². The predicted molar refractivity (Wildman–Crippen MR) is 103 cm³/mol. The fourth-order valence-electron chi connectivity index (χ4n) is 3.97. The van der Waals surface area contributed by atoms with Gasteiger partial charge >= 0.3 is 0 Å². The van der Waals surface area contributed by atoms with E-state index in [2.05, 4.69) is 21.5 Å². The van der Waals surface area contributed by atoms with Crippen LogP contribution in [-0.4, -0.2) is 33.9 Å². The first-order valence-electron chi connectivity index (χ1n) is 9.23. The molecule has 1 fully saturated rings. The summed E-state index contributed by atoms with van der Waals surface area (Å²) in [5.41, 5.74) is 2.02. The van der Waals surface area contributed by atoms with Gasteiger partial charge in [0.05, 0.1) is 31.3 Å². The number of imidazole rings is 1. The van der Waals surface area contributed by atoms with Gasteiger partial charge in [0.2, 0.25) is 5.13 Å². The van der Waals surface area contributed by atoms with Gasteiger partial charge in [-0.3, -0.25) is 9.55 Å². The van der Waals surface area contributed by atoms with Gasteiger partial charge in [-0.2, -0.15) is 4.98 Å². The van der Waals surface area contributed by atoms with Crippen LogP contribution in [0.1, 0.15) is 43.8 Å². The highest BCUT2D eigenvalue weighted by atomic mass is 35.5. The van der Waals surface area contributed by atoms with Crippen molar-refractivity contribution < 1.29 is 13.9 Å². The molecule has 7 heteroatoms. The number of rotatable bonds is 6. The second-order valence-corrected chi connectivity index (χ2v) is 7.69. The summed E-state index contributed by atoms with van der Waals surface area (Å²) in [6.45, 7) is 2.17. The van der Waals surface area contributed by atoms with E-state index in [4.69, 9.17) is 21.1 Å². The lowest BCUT2D eigenvalue weighted by Crippen LogP contribution is -2.25. The molecule has 4 rings (SSSR count). The van der Waals surface area contributed by atoms with Crippen LogP contribution in [0.25, 0.3) is 11.0 Å². The van der Waals surface area contributed by atoms with E-state index in [0.29, 0.717) is 34.9 Å². The highest BCUT2D eigenvalue weighted by molar-refractivity contribution is 6.25. The molecule has 0 spiro atoms. The van der Waals surface area contributed by atoms with E-state index in [1.54, 1.807) is 25.5 Å². The molecule has 2 aliphatic rings. The first kappa shape index (κ1) is 18.3. The highest BCUT2D eigenvalue weighted by Crippen LogP contribution is 2.47. The van der Waals surface area contributed by atoms with Crippen molar-refractivity contribution in [2.45, 2.75) is 43.3 Å². The molecule has 0 amide bonds. The Balaban J connectivity index is 1.85. The molecule has 0 radical (unpaired) electrons. The molecule has 0 aliphatic heterocycles. The minimum absolute atomic E-state index is 0.313. The van der Waals surface area contributed by atoms with Gasteiger partial charge in [0.15, 0.2) is 0 Å². The zero-order chi connectivity index (χ0) is 19.2. The van der Waals surface area contributed by atoms with Crippen molar-refractivity contribution in [3.05, 3.63) is 41.9 Å². The number of nitrogens with zero attached hydrogens (tertiary/aromatic N) is 3. The van der Waals surface area contributed by atoms with Crippen LogP contribution in [-0.2, 0) is 4.74 Å². The first-order chi connectivity index (χ1) is 13.0. The number of methoxy groups -OCH3 is 2. The van der Waals surface area contributed by atoms with E-state index in [0.717, 1.165) is 11.9 Å². The van der Waals surface area contributed by atoms with Crippen molar-refractivity contribution in [2.75, 3.05) is 14.2 Å². The standard InChI is InChI=1S/C20H23ClFN3O2/c1-4-15(12-5-6-12)25-16-9-10-23-17(18(16)24-19(25)27-3)14-8-7-13(26-2)11-20(14,21)22/h7-12,14-15H,4-6H2,1-3H3. The predicted octanol–water partition coefficient (Wildman–Crippen LogP) is 4.89. The number of hydrogen-bond donors (Lipinski definition) is 0. The number of hydrogen-bond acceptors (Lipinski definition) is 4. The Kier molecular flexibility index (Phi) is 4.62. The van der Waals surface area contributed by atoms with Crippen LogP contribution in [0.5, 0.6) is 6.01 Å². The normalized spacial score (nSPS) is 26.1. The third kappa shape index (κ3) is 3.10. The van der Waals surface area contributed by atoms with Gasteiger partial charge < -0.3 is 9.47 Å². The Morgan fingerprint density at radius 3 is 2.74 bits per heavy atom. The summed E-state index contributed by atoms with van der Waals surface area (Å²) in [6, 6.07) is 2.76. The number of aromatic nitrogens is 3. The third-order valence-electron chi connectivity index (χ3n) is 5.44. The van der Waals surface area contributed by atoms with Crippen molar-refractivity contribution in [1.29, 1.82) is 0 Å². The van der Waals surface area contributed by atoms with Crippen LogP contribution >= 0.6 is 11.6 Å². The summed E-state index contributed by atoms with van der Waals surface area (Å²) in [4.78, 5) is 9.09. The van der Waals surface area contributed by atoms with Crippen LogP contribution in [0.2, 0.25) is 0 Å². The minimum Gasteiger partial charge on any atom is -0.497 e. The Morgan fingerprint density at radius 1 is 1.37 bits per heavy atom. The molecule has 2 aromatic rings. The minimum atomic E-state index is -2.14. The maximum Gasteiger partial charge on any atom is 0.297 e. The molecule has 2 heterocycles. The summed E-state index contributed by atoms with van der Waals surface area (Å²) >= 11 is 6.20. The van der Waals surface area contributed by atoms with E-state index < -0.39 is 11.0 Å². The summed E-state index contributed by atoms with van der Waals surface area (Å²) < 4.78 is 28.0. The summed E-state index contributed by atoms with van der Waals surface area (Å²) in [6.07, 6.45) is 9.75. The first-order valence-corrected chi connectivity index (χ1v) is 9.61. The van der Waals surface area contributed by atoms with Gasteiger partial charge in [-0.05, 0) is 37.3 Å². The molecule has 0 aromatic carbocycles. The lowest BCUT2D eigenvalue weighted by Gasteiger charge is -2.26. The lowest BCUT2D eigenvalue weighted by atomic mass is 9.92. The number of pyridine rings is 1. The van der Waals surface area contributed by atoms with E-state index in [9.17, 15) is 0 Å². The zero-order valence-electron chi connectivity index (χ0n) is 15.7. The van der Waals surface area contributed by atoms with E-state index >= 15 is 4.39 Å². The van der Waals surface area contributed by atoms with Gasteiger partial charge in [0.25, 0.3) is 6.01 Å². The zero-order valence-corrected chi connectivity index (χ0v) is 16.4. The molecule has 2 aromatic heterocycles. The number of fused-ring (bicyclic) bond motifs is 1. The molecule has 3 atom stereocenters. The molecule has 3 unspecified atom stereocenters. The fourth-order valence-corrected chi connectivity index (χ4v) is 4.25.